The van der Waals surface area contributed by atoms with Gasteiger partial charge in [-0.2, -0.15) is 0 Å². The molecule has 0 saturated heterocycles. The number of hydrogen-bond donors (Lipinski definition) is 1. The highest BCUT2D eigenvalue weighted by Gasteiger charge is 2.10. The number of ether oxygens (including phenoxy) is 1. The van der Waals surface area contributed by atoms with Crippen molar-refractivity contribution in [1.82, 2.24) is 0 Å². The van der Waals surface area contributed by atoms with Gasteiger partial charge in [0.1, 0.15) is 5.75 Å². The maximum Gasteiger partial charge on any atom is 0.262 e. The van der Waals surface area contributed by atoms with Crippen LogP contribution in [0.1, 0.15) is 17.3 Å². The van der Waals surface area contributed by atoms with Crippen LogP contribution in [0.2, 0.25) is 5.02 Å². The van der Waals surface area contributed by atoms with Gasteiger partial charge < -0.3 is 10.1 Å². The predicted molar refractivity (Wildman–Crippen MR) is 89.4 cm³/mol. The minimum absolute atomic E-state index is 0.0490. The molecule has 2 rings (SSSR count). The van der Waals surface area contributed by atoms with E-state index in [2.05, 4.69) is 21.2 Å². The van der Waals surface area contributed by atoms with Crippen LogP contribution in [0.25, 0.3) is 0 Å². The van der Waals surface area contributed by atoms with Crippen LogP contribution in [-0.2, 0) is 4.79 Å². The van der Waals surface area contributed by atoms with E-state index >= 15 is 0 Å². The third-order valence-corrected chi connectivity index (χ3v) is 3.59. The summed E-state index contributed by atoms with van der Waals surface area (Å²) in [5.41, 5.74) is 1.81. The van der Waals surface area contributed by atoms with Crippen LogP contribution in [0.3, 0.4) is 0 Å². The van der Waals surface area contributed by atoms with Crippen molar-refractivity contribution in [2.24, 2.45) is 0 Å². The number of nitrogens with one attached hydrogen (secondary N) is 1. The molecule has 5 heteroatoms. The molecule has 0 aliphatic rings. The van der Waals surface area contributed by atoms with Crippen molar-refractivity contribution in [3.63, 3.8) is 0 Å². The van der Waals surface area contributed by atoms with Gasteiger partial charge in [0.25, 0.3) is 5.91 Å². The number of anilines is 1. The minimum atomic E-state index is -0.203. The van der Waals surface area contributed by atoms with Gasteiger partial charge >= 0.3 is 0 Å². The molecule has 0 aliphatic carbocycles. The molecule has 3 nitrogen and oxygen atoms in total. The van der Waals surface area contributed by atoms with Crippen LogP contribution in [0.5, 0.6) is 5.75 Å². The number of halogens is 2. The maximum atomic E-state index is 12.0. The largest absolute Gasteiger partial charge is 0.484 e. The zero-order chi connectivity index (χ0) is 15.2. The van der Waals surface area contributed by atoms with E-state index in [-0.39, 0.29) is 17.3 Å². The molecule has 1 N–H and O–H groups in total. The average molecular weight is 369 g/mol. The number of carbonyl (C=O) groups is 1. The monoisotopic (exact) mass is 367 g/mol. The van der Waals surface area contributed by atoms with Crippen molar-refractivity contribution >= 4 is 39.1 Å². The summed E-state index contributed by atoms with van der Waals surface area (Å²) in [6, 6.07) is 14.5. The highest BCUT2D eigenvalue weighted by atomic mass is 79.9. The lowest BCUT2D eigenvalue weighted by molar-refractivity contribution is -0.118. The number of carbonyl (C=O) groups excluding carboxylic acids is 1. The van der Waals surface area contributed by atoms with E-state index in [4.69, 9.17) is 16.3 Å². The van der Waals surface area contributed by atoms with Gasteiger partial charge in [-0.15, -0.1) is 0 Å². The number of alkyl halides is 1. The molecule has 0 aromatic heterocycles. The molecule has 0 heterocycles. The molecular weight excluding hydrogens is 354 g/mol. The van der Waals surface area contributed by atoms with E-state index in [1.165, 1.54) is 0 Å². The van der Waals surface area contributed by atoms with E-state index in [0.29, 0.717) is 10.8 Å². The highest BCUT2D eigenvalue weighted by Crippen LogP contribution is 2.28. The normalized spacial score (nSPS) is 11.8. The van der Waals surface area contributed by atoms with Crippen molar-refractivity contribution in [2.75, 3.05) is 11.9 Å². The number of para-hydroxylation sites is 1. The Balaban J connectivity index is 1.94. The number of hydrogen-bond acceptors (Lipinski definition) is 2. The second kappa shape index (κ2) is 7.48. The molecule has 0 fully saturated rings. The Morgan fingerprint density at radius 2 is 1.90 bits per heavy atom. The summed E-state index contributed by atoms with van der Waals surface area (Å²) in [4.78, 5) is 12.1. The standard InChI is InChI=1S/C16H15BrClNO2/c1-11(17)14-4-2-3-5-15(14)19-16(20)10-21-13-8-6-12(18)7-9-13/h2-9,11H,10H2,1H3,(H,19,20). The molecule has 1 atom stereocenters. The first-order valence-corrected chi connectivity index (χ1v) is 7.77. The number of benzene rings is 2. The Morgan fingerprint density at radius 1 is 1.24 bits per heavy atom. The van der Waals surface area contributed by atoms with Crippen LogP contribution < -0.4 is 10.1 Å². The van der Waals surface area contributed by atoms with Gasteiger partial charge in [0.2, 0.25) is 0 Å². The quantitative estimate of drug-likeness (QED) is 0.769. The van der Waals surface area contributed by atoms with Gasteiger partial charge in [-0.25, -0.2) is 0 Å². The van der Waals surface area contributed by atoms with Crippen molar-refractivity contribution < 1.29 is 9.53 Å². The zero-order valence-corrected chi connectivity index (χ0v) is 13.8. The molecule has 0 spiro atoms. The van der Waals surface area contributed by atoms with E-state index in [9.17, 15) is 4.79 Å². The highest BCUT2D eigenvalue weighted by molar-refractivity contribution is 9.09. The van der Waals surface area contributed by atoms with Crippen molar-refractivity contribution in [3.8, 4) is 5.75 Å². The molecule has 0 aliphatic heterocycles. The lowest BCUT2D eigenvalue weighted by Crippen LogP contribution is -2.20. The molecule has 1 amide bonds. The molecular formula is C16H15BrClNO2. The Morgan fingerprint density at radius 3 is 2.57 bits per heavy atom. The lowest BCUT2D eigenvalue weighted by atomic mass is 10.1. The first kappa shape index (κ1) is 15.9. The SMILES string of the molecule is CC(Br)c1ccccc1NC(=O)COc1ccc(Cl)cc1. The Labute approximate surface area is 137 Å². The number of rotatable bonds is 5. The van der Waals surface area contributed by atoms with E-state index in [0.717, 1.165) is 11.3 Å². The van der Waals surface area contributed by atoms with Gasteiger partial charge in [-0.05, 0) is 42.8 Å². The second-order valence-corrected chi connectivity index (χ2v) is 6.30. The summed E-state index contributed by atoms with van der Waals surface area (Å²) in [7, 11) is 0. The molecule has 0 saturated carbocycles. The van der Waals surface area contributed by atoms with E-state index < -0.39 is 0 Å². The molecule has 0 radical (unpaired) electrons. The first-order chi connectivity index (χ1) is 10.1. The summed E-state index contributed by atoms with van der Waals surface area (Å²) >= 11 is 9.30. The fourth-order valence-electron chi connectivity index (χ4n) is 1.82. The van der Waals surface area contributed by atoms with Crippen LogP contribution in [-0.4, -0.2) is 12.5 Å². The Hall–Kier alpha value is -1.52. The molecule has 0 bridgehead atoms. The van der Waals surface area contributed by atoms with Gasteiger partial charge in [0.05, 0.1) is 0 Å². The van der Waals surface area contributed by atoms with Crippen molar-refractivity contribution in [1.29, 1.82) is 0 Å². The average Bonchev–Trinajstić information content (AvgIpc) is 2.47. The van der Waals surface area contributed by atoms with Crippen LogP contribution >= 0.6 is 27.5 Å². The van der Waals surface area contributed by atoms with Gasteiger partial charge in [-0.1, -0.05) is 45.7 Å². The van der Waals surface area contributed by atoms with Gasteiger partial charge in [-0.3, -0.25) is 4.79 Å². The summed E-state index contributed by atoms with van der Waals surface area (Å²) in [6.07, 6.45) is 0. The summed E-state index contributed by atoms with van der Waals surface area (Å²) in [5.74, 6) is 0.405. The second-order valence-electron chi connectivity index (χ2n) is 4.49. The molecule has 1 unspecified atom stereocenters. The van der Waals surface area contributed by atoms with Gasteiger partial charge in [0.15, 0.2) is 6.61 Å². The Bertz CT molecular complexity index is 614. The fourth-order valence-corrected chi connectivity index (χ4v) is 2.35. The molecule has 2 aromatic rings. The Kier molecular flexibility index (Phi) is 5.65. The smallest absolute Gasteiger partial charge is 0.262 e. The van der Waals surface area contributed by atoms with E-state index in [1.807, 2.05) is 31.2 Å². The third kappa shape index (κ3) is 4.76. The first-order valence-electron chi connectivity index (χ1n) is 6.47. The molecule has 21 heavy (non-hydrogen) atoms. The molecule has 2 aromatic carbocycles. The number of amides is 1. The summed E-state index contributed by atoms with van der Waals surface area (Å²) in [5, 5.41) is 3.49. The van der Waals surface area contributed by atoms with Crippen LogP contribution in [0.4, 0.5) is 5.69 Å². The van der Waals surface area contributed by atoms with E-state index in [1.54, 1.807) is 24.3 Å². The predicted octanol–water partition coefficient (Wildman–Crippen LogP) is 4.81. The fraction of sp³-hybridized carbons (Fsp3) is 0.188. The van der Waals surface area contributed by atoms with Crippen molar-refractivity contribution in [3.05, 3.63) is 59.1 Å². The third-order valence-electron chi connectivity index (χ3n) is 2.85. The van der Waals surface area contributed by atoms with Crippen LogP contribution in [0, 0.1) is 0 Å². The lowest BCUT2D eigenvalue weighted by Gasteiger charge is -2.13. The summed E-state index contributed by atoms with van der Waals surface area (Å²) in [6.45, 7) is 1.96. The van der Waals surface area contributed by atoms with Crippen molar-refractivity contribution in [2.45, 2.75) is 11.8 Å². The molecule has 110 valence electrons. The summed E-state index contributed by atoms with van der Waals surface area (Å²) < 4.78 is 5.41. The van der Waals surface area contributed by atoms with Crippen LogP contribution in [0.15, 0.2) is 48.5 Å². The van der Waals surface area contributed by atoms with Gasteiger partial charge in [0, 0.05) is 15.5 Å². The zero-order valence-electron chi connectivity index (χ0n) is 11.5. The maximum absolute atomic E-state index is 12.0. The minimum Gasteiger partial charge on any atom is -0.484 e. The topological polar surface area (TPSA) is 38.3 Å².